The number of benzene rings is 2. The lowest BCUT2D eigenvalue weighted by Gasteiger charge is -2.37. The third kappa shape index (κ3) is 2.56. The van der Waals surface area contributed by atoms with Crippen LogP contribution in [0.1, 0.15) is 48.4 Å². The molecular weight excluding hydrogens is 324 g/mol. The smallest absolute Gasteiger partial charge is 0.322 e. The Labute approximate surface area is 154 Å². The van der Waals surface area contributed by atoms with Crippen molar-refractivity contribution in [2.75, 3.05) is 18.1 Å². The van der Waals surface area contributed by atoms with E-state index in [1.54, 1.807) is 0 Å². The molecule has 1 fully saturated rings. The van der Waals surface area contributed by atoms with E-state index in [9.17, 15) is 4.79 Å². The maximum absolute atomic E-state index is 13.0. The van der Waals surface area contributed by atoms with Gasteiger partial charge in [-0.15, -0.1) is 0 Å². The van der Waals surface area contributed by atoms with E-state index in [0.29, 0.717) is 5.92 Å². The van der Waals surface area contributed by atoms with Crippen LogP contribution in [0.3, 0.4) is 0 Å². The van der Waals surface area contributed by atoms with Gasteiger partial charge in [0.05, 0.1) is 18.3 Å². The minimum absolute atomic E-state index is 0.0104. The fourth-order valence-electron chi connectivity index (χ4n) is 4.69. The number of nitrogens with one attached hydrogen (secondary N) is 1. The van der Waals surface area contributed by atoms with E-state index in [1.807, 2.05) is 23.1 Å². The molecule has 134 valence electrons. The van der Waals surface area contributed by atoms with Gasteiger partial charge in [-0.05, 0) is 36.0 Å². The second-order valence-corrected chi connectivity index (χ2v) is 7.64. The lowest BCUT2D eigenvalue weighted by atomic mass is 9.91. The van der Waals surface area contributed by atoms with Crippen LogP contribution >= 0.6 is 0 Å². The summed E-state index contributed by atoms with van der Waals surface area (Å²) in [5, 5.41) is 3.25. The molecule has 26 heavy (non-hydrogen) atoms. The number of nitrogens with zero attached hydrogens (tertiary/aromatic N) is 1. The maximum Gasteiger partial charge on any atom is 0.322 e. The Hall–Kier alpha value is -2.49. The summed E-state index contributed by atoms with van der Waals surface area (Å²) in [5.41, 5.74) is 4.51. The first-order chi connectivity index (χ1) is 12.8. The summed E-state index contributed by atoms with van der Waals surface area (Å²) < 4.78 is 6.02. The number of carbonyl (C=O) groups excluding carboxylic acids is 1. The predicted molar refractivity (Wildman–Crippen MR) is 102 cm³/mol. The number of anilines is 1. The quantitative estimate of drug-likeness (QED) is 0.891. The van der Waals surface area contributed by atoms with Crippen LogP contribution < -0.4 is 15.0 Å². The molecule has 1 N–H and O–H groups in total. The van der Waals surface area contributed by atoms with Crippen molar-refractivity contribution in [1.29, 1.82) is 0 Å². The number of amides is 2. The topological polar surface area (TPSA) is 41.6 Å². The number of fused-ring (bicyclic) bond motifs is 3. The Balaban J connectivity index is 1.61. The van der Waals surface area contributed by atoms with Crippen molar-refractivity contribution in [3.8, 4) is 5.75 Å². The average Bonchev–Trinajstić information content (AvgIpc) is 3.35. The van der Waals surface area contributed by atoms with Gasteiger partial charge in [0.15, 0.2) is 0 Å². The predicted octanol–water partition coefficient (Wildman–Crippen LogP) is 4.43. The summed E-state index contributed by atoms with van der Waals surface area (Å²) >= 11 is 0. The fraction of sp³-hybridized carbons (Fsp3) is 0.409. The lowest BCUT2D eigenvalue weighted by Crippen LogP contribution is -2.48. The SMILES string of the molecule is O=C1NC(c2ccccc2)c2c(ccc3c2OCC3)N1CC1CCCC1. The largest absolute Gasteiger partial charge is 0.492 e. The molecule has 0 saturated heterocycles. The normalized spacial score (nSPS) is 21.9. The Bertz CT molecular complexity index is 828. The lowest BCUT2D eigenvalue weighted by molar-refractivity contribution is 0.240. The molecule has 0 radical (unpaired) electrons. The number of hydrogen-bond donors (Lipinski definition) is 1. The number of carbonyl (C=O) groups is 1. The fourth-order valence-corrected chi connectivity index (χ4v) is 4.69. The number of ether oxygens (including phenoxy) is 1. The zero-order chi connectivity index (χ0) is 17.5. The van der Waals surface area contributed by atoms with Crippen LogP contribution in [0.25, 0.3) is 0 Å². The van der Waals surface area contributed by atoms with E-state index in [2.05, 4.69) is 29.6 Å². The molecule has 2 aromatic rings. The molecule has 0 spiro atoms. The monoisotopic (exact) mass is 348 g/mol. The van der Waals surface area contributed by atoms with Gasteiger partial charge in [-0.2, -0.15) is 0 Å². The van der Waals surface area contributed by atoms with Crippen molar-refractivity contribution >= 4 is 11.7 Å². The van der Waals surface area contributed by atoms with Crippen molar-refractivity contribution in [2.45, 2.75) is 38.1 Å². The highest BCUT2D eigenvalue weighted by Crippen LogP contribution is 2.45. The van der Waals surface area contributed by atoms with E-state index < -0.39 is 0 Å². The van der Waals surface area contributed by atoms with Crippen molar-refractivity contribution in [1.82, 2.24) is 5.32 Å². The first kappa shape index (κ1) is 15.7. The summed E-state index contributed by atoms with van der Waals surface area (Å²) in [6.45, 7) is 1.53. The summed E-state index contributed by atoms with van der Waals surface area (Å²) in [4.78, 5) is 15.0. The summed E-state index contributed by atoms with van der Waals surface area (Å²) in [6, 6.07) is 14.4. The third-order valence-corrected chi connectivity index (χ3v) is 6.01. The highest BCUT2D eigenvalue weighted by molar-refractivity contribution is 5.97. The van der Waals surface area contributed by atoms with E-state index in [0.717, 1.165) is 42.1 Å². The molecule has 2 aliphatic heterocycles. The van der Waals surface area contributed by atoms with Crippen LogP contribution in [-0.2, 0) is 6.42 Å². The van der Waals surface area contributed by atoms with Gasteiger partial charge >= 0.3 is 6.03 Å². The molecular formula is C22H24N2O2. The Morgan fingerprint density at radius 3 is 2.69 bits per heavy atom. The van der Waals surface area contributed by atoms with Gasteiger partial charge in [-0.3, -0.25) is 4.90 Å². The van der Waals surface area contributed by atoms with Crippen LogP contribution in [0.2, 0.25) is 0 Å². The van der Waals surface area contributed by atoms with Crippen molar-refractivity contribution in [2.24, 2.45) is 5.92 Å². The van der Waals surface area contributed by atoms with Gasteiger partial charge in [0, 0.05) is 18.5 Å². The molecule has 0 aromatic heterocycles. The van der Waals surface area contributed by atoms with Gasteiger partial charge in [0.25, 0.3) is 0 Å². The molecule has 5 rings (SSSR count). The molecule has 4 nitrogen and oxygen atoms in total. The van der Waals surface area contributed by atoms with Gasteiger partial charge < -0.3 is 10.1 Å². The molecule has 1 atom stereocenters. The summed E-state index contributed by atoms with van der Waals surface area (Å²) in [7, 11) is 0. The maximum atomic E-state index is 13.0. The van der Waals surface area contributed by atoms with Gasteiger partial charge in [0.2, 0.25) is 0 Å². The van der Waals surface area contributed by atoms with Crippen LogP contribution in [-0.4, -0.2) is 19.2 Å². The number of hydrogen-bond acceptors (Lipinski definition) is 2. The minimum atomic E-state index is -0.147. The molecule has 1 aliphatic carbocycles. The van der Waals surface area contributed by atoms with Crippen LogP contribution in [0.15, 0.2) is 42.5 Å². The number of urea groups is 1. The molecule has 0 bridgehead atoms. The number of rotatable bonds is 3. The Morgan fingerprint density at radius 1 is 1.08 bits per heavy atom. The van der Waals surface area contributed by atoms with E-state index in [-0.39, 0.29) is 12.1 Å². The van der Waals surface area contributed by atoms with Gasteiger partial charge in [-0.25, -0.2) is 4.79 Å². The second kappa shape index (κ2) is 6.35. The summed E-state index contributed by atoms with van der Waals surface area (Å²) in [5.74, 6) is 1.59. The van der Waals surface area contributed by atoms with Gasteiger partial charge in [-0.1, -0.05) is 49.2 Å². The summed E-state index contributed by atoms with van der Waals surface area (Å²) in [6.07, 6.45) is 5.96. The van der Waals surface area contributed by atoms with Crippen molar-refractivity contribution in [3.63, 3.8) is 0 Å². The van der Waals surface area contributed by atoms with Gasteiger partial charge in [0.1, 0.15) is 5.75 Å². The zero-order valence-corrected chi connectivity index (χ0v) is 14.9. The van der Waals surface area contributed by atoms with E-state index >= 15 is 0 Å². The second-order valence-electron chi connectivity index (χ2n) is 7.64. The molecule has 1 saturated carbocycles. The average molecular weight is 348 g/mol. The molecule has 2 heterocycles. The van der Waals surface area contributed by atoms with Crippen LogP contribution in [0.5, 0.6) is 5.75 Å². The minimum Gasteiger partial charge on any atom is -0.492 e. The first-order valence-electron chi connectivity index (χ1n) is 9.73. The van der Waals surface area contributed by atoms with Crippen molar-refractivity contribution < 1.29 is 9.53 Å². The van der Waals surface area contributed by atoms with Crippen LogP contribution in [0.4, 0.5) is 10.5 Å². The Morgan fingerprint density at radius 2 is 1.88 bits per heavy atom. The standard InChI is InChI=1S/C22H24N2O2/c25-22-23-20(16-8-2-1-3-9-16)19-18(11-10-17-12-13-26-21(17)19)24(22)14-15-6-4-5-7-15/h1-3,8-11,15,20H,4-7,12-14H2,(H,23,25). The zero-order valence-electron chi connectivity index (χ0n) is 14.9. The molecule has 2 aromatic carbocycles. The van der Waals surface area contributed by atoms with E-state index in [1.165, 1.54) is 31.2 Å². The highest BCUT2D eigenvalue weighted by Gasteiger charge is 2.37. The Kier molecular flexibility index (Phi) is 3.84. The molecule has 3 aliphatic rings. The van der Waals surface area contributed by atoms with Crippen molar-refractivity contribution in [3.05, 3.63) is 59.2 Å². The highest BCUT2D eigenvalue weighted by atomic mass is 16.5. The first-order valence-corrected chi connectivity index (χ1v) is 9.73. The van der Waals surface area contributed by atoms with E-state index in [4.69, 9.17) is 4.74 Å². The third-order valence-electron chi connectivity index (χ3n) is 6.01. The molecule has 4 heteroatoms. The molecule has 1 unspecified atom stereocenters. The van der Waals surface area contributed by atoms with Crippen LogP contribution in [0, 0.1) is 5.92 Å². The molecule has 2 amide bonds.